The highest BCUT2D eigenvalue weighted by Crippen LogP contribution is 2.11. The summed E-state index contributed by atoms with van der Waals surface area (Å²) >= 11 is 0. The molecule has 0 unspecified atom stereocenters. The van der Waals surface area contributed by atoms with Gasteiger partial charge in [0.25, 0.3) is 0 Å². The summed E-state index contributed by atoms with van der Waals surface area (Å²) in [5, 5.41) is 0. The number of hydrogen-bond acceptors (Lipinski definition) is 2. The van der Waals surface area contributed by atoms with Crippen LogP contribution in [0.3, 0.4) is 0 Å². The molecule has 0 aliphatic carbocycles. The first-order chi connectivity index (χ1) is 6.15. The second kappa shape index (κ2) is 4.37. The monoisotopic (exact) mass is 186 g/mol. The molecule has 1 aliphatic heterocycles. The largest absolute Gasteiger partial charge is 0.334 e. The zero-order valence-electron chi connectivity index (χ0n) is 7.79. The average Bonchev–Trinajstić information content (AvgIpc) is 2.15. The topological polar surface area (TPSA) is 46.3 Å². The average molecular weight is 186 g/mol. The molecular formula is C9H15FN2O. The first kappa shape index (κ1) is 10.2. The molecule has 1 rings (SSSR count). The highest BCUT2D eigenvalue weighted by atomic mass is 19.1. The minimum atomic E-state index is -0.481. The summed E-state index contributed by atoms with van der Waals surface area (Å²) in [6, 6.07) is -0.481. The van der Waals surface area contributed by atoms with E-state index in [0.717, 1.165) is 0 Å². The fraction of sp³-hybridized carbons (Fsp3) is 0.667. The molecule has 0 bridgehead atoms. The summed E-state index contributed by atoms with van der Waals surface area (Å²) in [6.07, 6.45) is 2.70. The van der Waals surface area contributed by atoms with Gasteiger partial charge in [0.15, 0.2) is 0 Å². The van der Waals surface area contributed by atoms with Crippen LogP contribution in [0.4, 0.5) is 4.39 Å². The summed E-state index contributed by atoms with van der Waals surface area (Å²) in [7, 11) is 0. The van der Waals surface area contributed by atoms with Crippen molar-refractivity contribution in [3.63, 3.8) is 0 Å². The van der Waals surface area contributed by atoms with Crippen molar-refractivity contribution in [2.75, 3.05) is 13.1 Å². The molecule has 4 heteroatoms. The molecule has 0 fully saturated rings. The zero-order chi connectivity index (χ0) is 9.84. The molecule has 1 amide bonds. The molecule has 3 nitrogen and oxygen atoms in total. The Morgan fingerprint density at radius 3 is 3.08 bits per heavy atom. The lowest BCUT2D eigenvalue weighted by Gasteiger charge is -2.26. The number of hydrogen-bond donors (Lipinski definition) is 1. The molecule has 74 valence electrons. The van der Waals surface area contributed by atoms with Crippen LogP contribution in [0.1, 0.15) is 19.8 Å². The van der Waals surface area contributed by atoms with E-state index in [4.69, 9.17) is 5.73 Å². The third kappa shape index (κ3) is 2.52. The van der Waals surface area contributed by atoms with Gasteiger partial charge in [-0.15, -0.1) is 0 Å². The van der Waals surface area contributed by atoms with E-state index in [1.165, 1.54) is 11.0 Å². The van der Waals surface area contributed by atoms with Crippen molar-refractivity contribution < 1.29 is 9.18 Å². The molecule has 2 N–H and O–H groups in total. The Hall–Kier alpha value is -0.900. The zero-order valence-corrected chi connectivity index (χ0v) is 7.79. The third-order valence-electron chi connectivity index (χ3n) is 2.18. The lowest BCUT2D eigenvalue weighted by atomic mass is 10.1. The van der Waals surface area contributed by atoms with Crippen LogP contribution in [0.25, 0.3) is 0 Å². The van der Waals surface area contributed by atoms with Crippen LogP contribution < -0.4 is 5.73 Å². The molecule has 1 atom stereocenters. The fourth-order valence-corrected chi connectivity index (χ4v) is 1.30. The number of rotatable bonds is 2. The Morgan fingerprint density at radius 2 is 2.54 bits per heavy atom. The van der Waals surface area contributed by atoms with Crippen LogP contribution in [-0.2, 0) is 4.79 Å². The van der Waals surface area contributed by atoms with Gasteiger partial charge < -0.3 is 10.6 Å². The Kier molecular flexibility index (Phi) is 3.42. The Morgan fingerprint density at radius 1 is 1.85 bits per heavy atom. The SMILES string of the molecule is CC[C@H](N)C(=O)N1CCC=C(F)C1. The third-order valence-corrected chi connectivity index (χ3v) is 2.18. The summed E-state index contributed by atoms with van der Waals surface area (Å²) in [5.74, 6) is -0.381. The van der Waals surface area contributed by atoms with Crippen molar-refractivity contribution in [2.45, 2.75) is 25.8 Å². The van der Waals surface area contributed by atoms with Gasteiger partial charge in [0, 0.05) is 6.54 Å². The molecule has 0 saturated carbocycles. The van der Waals surface area contributed by atoms with Crippen molar-refractivity contribution in [3.8, 4) is 0 Å². The normalized spacial score (nSPS) is 19.6. The first-order valence-corrected chi connectivity index (χ1v) is 4.54. The Labute approximate surface area is 77.4 Å². The first-order valence-electron chi connectivity index (χ1n) is 4.54. The minimum Gasteiger partial charge on any atom is -0.334 e. The molecule has 0 spiro atoms. The predicted molar refractivity (Wildman–Crippen MR) is 48.7 cm³/mol. The van der Waals surface area contributed by atoms with Gasteiger partial charge >= 0.3 is 0 Å². The fourth-order valence-electron chi connectivity index (χ4n) is 1.30. The van der Waals surface area contributed by atoms with Crippen molar-refractivity contribution in [1.82, 2.24) is 4.90 Å². The quantitative estimate of drug-likeness (QED) is 0.693. The van der Waals surface area contributed by atoms with E-state index < -0.39 is 6.04 Å². The summed E-state index contributed by atoms with van der Waals surface area (Å²) in [6.45, 7) is 2.52. The van der Waals surface area contributed by atoms with Gasteiger partial charge in [0.2, 0.25) is 5.91 Å². The van der Waals surface area contributed by atoms with Gasteiger partial charge in [0.1, 0.15) is 5.83 Å². The minimum absolute atomic E-state index is 0.0898. The van der Waals surface area contributed by atoms with Crippen molar-refractivity contribution >= 4 is 5.91 Å². The lowest BCUT2D eigenvalue weighted by Crippen LogP contribution is -2.45. The molecule has 0 aromatic rings. The summed E-state index contributed by atoms with van der Waals surface area (Å²) in [4.78, 5) is 13.0. The highest BCUT2D eigenvalue weighted by molar-refractivity contribution is 5.81. The number of carbonyl (C=O) groups excluding carboxylic acids is 1. The van der Waals surface area contributed by atoms with Gasteiger partial charge in [0.05, 0.1) is 12.6 Å². The summed E-state index contributed by atoms with van der Waals surface area (Å²) < 4.78 is 12.8. The van der Waals surface area contributed by atoms with E-state index in [9.17, 15) is 9.18 Å². The standard InChI is InChI=1S/C9H15FN2O/c1-2-8(11)9(13)12-5-3-4-7(10)6-12/h4,8H,2-3,5-6,11H2,1H3/t8-/m0/s1. The number of nitrogens with zero attached hydrogens (tertiary/aromatic N) is 1. The van der Waals surface area contributed by atoms with Crippen molar-refractivity contribution in [2.24, 2.45) is 5.73 Å². The molecule has 0 aromatic carbocycles. The summed E-state index contributed by atoms with van der Waals surface area (Å²) in [5.41, 5.74) is 5.56. The van der Waals surface area contributed by atoms with Crippen LogP contribution in [0.5, 0.6) is 0 Å². The van der Waals surface area contributed by atoms with Crippen LogP contribution in [0.2, 0.25) is 0 Å². The number of amides is 1. The molecule has 0 aromatic heterocycles. The van der Waals surface area contributed by atoms with Gasteiger partial charge in [-0.1, -0.05) is 6.92 Å². The maximum atomic E-state index is 12.8. The van der Waals surface area contributed by atoms with Crippen LogP contribution in [0.15, 0.2) is 11.9 Å². The maximum Gasteiger partial charge on any atom is 0.239 e. The maximum absolute atomic E-state index is 12.8. The molecule has 1 aliphatic rings. The van der Waals surface area contributed by atoms with E-state index in [1.807, 2.05) is 6.92 Å². The van der Waals surface area contributed by atoms with Gasteiger partial charge in [-0.25, -0.2) is 4.39 Å². The molecule has 1 heterocycles. The molecule has 13 heavy (non-hydrogen) atoms. The number of halogens is 1. The Balaban J connectivity index is 2.53. The van der Waals surface area contributed by atoms with Crippen molar-refractivity contribution in [3.05, 3.63) is 11.9 Å². The smallest absolute Gasteiger partial charge is 0.239 e. The van der Waals surface area contributed by atoms with Crippen LogP contribution in [-0.4, -0.2) is 29.9 Å². The van der Waals surface area contributed by atoms with E-state index >= 15 is 0 Å². The number of nitrogens with two attached hydrogens (primary N) is 1. The Bertz CT molecular complexity index is 228. The van der Waals surface area contributed by atoms with E-state index in [0.29, 0.717) is 19.4 Å². The van der Waals surface area contributed by atoms with Crippen LogP contribution in [0, 0.1) is 0 Å². The van der Waals surface area contributed by atoms with Gasteiger partial charge in [-0.2, -0.15) is 0 Å². The van der Waals surface area contributed by atoms with Crippen LogP contribution >= 0.6 is 0 Å². The van der Waals surface area contributed by atoms with E-state index in [-0.39, 0.29) is 18.3 Å². The molecular weight excluding hydrogens is 171 g/mol. The molecule has 0 radical (unpaired) electrons. The van der Waals surface area contributed by atoms with E-state index in [1.54, 1.807) is 0 Å². The number of carbonyl (C=O) groups is 1. The van der Waals surface area contributed by atoms with Gasteiger partial charge in [-0.3, -0.25) is 4.79 Å². The lowest BCUT2D eigenvalue weighted by molar-refractivity contribution is -0.132. The highest BCUT2D eigenvalue weighted by Gasteiger charge is 2.22. The van der Waals surface area contributed by atoms with Gasteiger partial charge in [-0.05, 0) is 18.9 Å². The predicted octanol–water partition coefficient (Wildman–Crippen LogP) is 0.809. The molecule has 0 saturated heterocycles. The van der Waals surface area contributed by atoms with E-state index in [2.05, 4.69) is 0 Å². The van der Waals surface area contributed by atoms with Crippen molar-refractivity contribution in [1.29, 1.82) is 0 Å². The second-order valence-corrected chi connectivity index (χ2v) is 3.21. The second-order valence-electron chi connectivity index (χ2n) is 3.21.